The van der Waals surface area contributed by atoms with E-state index in [-0.39, 0.29) is 5.52 Å². The van der Waals surface area contributed by atoms with Crippen LogP contribution in [0.4, 0.5) is 20.2 Å². The van der Waals surface area contributed by atoms with E-state index in [4.69, 9.17) is 9.47 Å². The molecule has 6 heteroatoms. The van der Waals surface area contributed by atoms with Gasteiger partial charge in [-0.15, -0.1) is 0 Å². The molecule has 4 nitrogen and oxygen atoms in total. The molecule has 2 aromatic carbocycles. The highest BCUT2D eigenvalue weighted by molar-refractivity contribution is 5.93. The molecule has 0 saturated heterocycles. The topological polar surface area (TPSA) is 43.4 Å². The lowest BCUT2D eigenvalue weighted by Crippen LogP contribution is -1.98. The van der Waals surface area contributed by atoms with Gasteiger partial charge in [0.1, 0.15) is 22.8 Å². The van der Waals surface area contributed by atoms with E-state index in [1.165, 1.54) is 19.4 Å². The lowest BCUT2D eigenvalue weighted by molar-refractivity contribution is 0.405. The summed E-state index contributed by atoms with van der Waals surface area (Å²) in [6.45, 7) is 0. The smallest absolute Gasteiger partial charge is 0.152 e. The molecule has 0 amide bonds. The third-order valence-electron chi connectivity index (χ3n) is 3.44. The van der Waals surface area contributed by atoms with Crippen molar-refractivity contribution in [1.82, 2.24) is 4.98 Å². The van der Waals surface area contributed by atoms with E-state index in [0.717, 1.165) is 6.07 Å². The maximum atomic E-state index is 13.9. The van der Waals surface area contributed by atoms with E-state index in [0.29, 0.717) is 28.3 Å². The van der Waals surface area contributed by atoms with Crippen LogP contribution < -0.4 is 14.8 Å². The Kier molecular flexibility index (Phi) is 3.97. The highest BCUT2D eigenvalue weighted by Gasteiger charge is 2.11. The number of fused-ring (bicyclic) bond motifs is 1. The summed E-state index contributed by atoms with van der Waals surface area (Å²) in [4.78, 5) is 3.96. The number of anilines is 2. The Labute approximate surface area is 131 Å². The maximum absolute atomic E-state index is 13.9. The van der Waals surface area contributed by atoms with E-state index in [2.05, 4.69) is 10.3 Å². The molecule has 1 heterocycles. The standard InChI is InChI=1S/C17H14F2N2O2/c1-22-11-3-4-16(23-2)15(9-11)21-14-5-6-20-17-12(14)7-10(18)8-13(17)19/h3-9H,1-2H3,(H,20,21). The van der Waals surface area contributed by atoms with Gasteiger partial charge in [0.25, 0.3) is 0 Å². The number of aromatic nitrogens is 1. The van der Waals surface area contributed by atoms with Crippen LogP contribution in [0, 0.1) is 11.6 Å². The lowest BCUT2D eigenvalue weighted by Gasteiger charge is -2.14. The Hall–Kier alpha value is -2.89. The molecule has 3 rings (SSSR count). The van der Waals surface area contributed by atoms with Crippen molar-refractivity contribution in [2.45, 2.75) is 0 Å². The van der Waals surface area contributed by atoms with Crippen molar-refractivity contribution in [2.24, 2.45) is 0 Å². The highest BCUT2D eigenvalue weighted by Crippen LogP contribution is 2.34. The summed E-state index contributed by atoms with van der Waals surface area (Å²) in [6, 6.07) is 8.92. The summed E-state index contributed by atoms with van der Waals surface area (Å²) in [5.41, 5.74) is 1.22. The molecule has 0 aliphatic carbocycles. The molecule has 118 valence electrons. The predicted octanol–water partition coefficient (Wildman–Crippen LogP) is 4.27. The third kappa shape index (κ3) is 2.88. The summed E-state index contributed by atoms with van der Waals surface area (Å²) >= 11 is 0. The van der Waals surface area contributed by atoms with Crippen molar-refractivity contribution in [3.05, 3.63) is 54.2 Å². The number of hydrogen-bond donors (Lipinski definition) is 1. The van der Waals surface area contributed by atoms with Crippen molar-refractivity contribution in [2.75, 3.05) is 19.5 Å². The Morgan fingerprint density at radius 3 is 2.52 bits per heavy atom. The summed E-state index contributed by atoms with van der Waals surface area (Å²) in [5.74, 6) is -0.165. The molecule has 0 radical (unpaired) electrons. The summed E-state index contributed by atoms with van der Waals surface area (Å²) in [6.07, 6.45) is 1.46. The van der Waals surface area contributed by atoms with Gasteiger partial charge in [0.15, 0.2) is 5.82 Å². The summed E-state index contributed by atoms with van der Waals surface area (Å²) in [7, 11) is 3.09. The van der Waals surface area contributed by atoms with Gasteiger partial charge < -0.3 is 14.8 Å². The van der Waals surface area contributed by atoms with Gasteiger partial charge in [0, 0.05) is 29.4 Å². The second-order valence-corrected chi connectivity index (χ2v) is 4.83. The Morgan fingerprint density at radius 2 is 1.78 bits per heavy atom. The Morgan fingerprint density at radius 1 is 0.957 bits per heavy atom. The van der Waals surface area contributed by atoms with E-state index < -0.39 is 11.6 Å². The lowest BCUT2D eigenvalue weighted by atomic mass is 10.1. The number of benzene rings is 2. The molecule has 1 aromatic heterocycles. The van der Waals surface area contributed by atoms with Crippen LogP contribution in [0.3, 0.4) is 0 Å². The number of hydrogen-bond acceptors (Lipinski definition) is 4. The van der Waals surface area contributed by atoms with Crippen LogP contribution in [0.2, 0.25) is 0 Å². The first-order valence-corrected chi connectivity index (χ1v) is 6.85. The number of rotatable bonds is 4. The molecule has 0 aliphatic heterocycles. The number of ether oxygens (including phenoxy) is 2. The van der Waals surface area contributed by atoms with Gasteiger partial charge in [-0.05, 0) is 24.3 Å². The summed E-state index contributed by atoms with van der Waals surface area (Å²) < 4.78 is 37.9. The van der Waals surface area contributed by atoms with E-state index in [9.17, 15) is 8.78 Å². The molecule has 0 atom stereocenters. The molecule has 0 bridgehead atoms. The second kappa shape index (κ2) is 6.08. The van der Waals surface area contributed by atoms with Crippen LogP contribution in [-0.4, -0.2) is 19.2 Å². The van der Waals surface area contributed by atoms with Crippen LogP contribution in [0.5, 0.6) is 11.5 Å². The zero-order valence-electron chi connectivity index (χ0n) is 12.6. The van der Waals surface area contributed by atoms with Gasteiger partial charge in [-0.25, -0.2) is 8.78 Å². The molecule has 0 fully saturated rings. The molecular formula is C17H14F2N2O2. The van der Waals surface area contributed by atoms with Crippen molar-refractivity contribution in [3.8, 4) is 11.5 Å². The van der Waals surface area contributed by atoms with Gasteiger partial charge in [-0.2, -0.15) is 0 Å². The normalized spacial score (nSPS) is 10.6. The first kappa shape index (κ1) is 15.0. The molecule has 0 unspecified atom stereocenters. The van der Waals surface area contributed by atoms with Crippen molar-refractivity contribution in [1.29, 1.82) is 0 Å². The van der Waals surface area contributed by atoms with Gasteiger partial charge in [0.2, 0.25) is 0 Å². The number of pyridine rings is 1. The minimum atomic E-state index is -0.707. The van der Waals surface area contributed by atoms with Gasteiger partial charge in [-0.1, -0.05) is 0 Å². The quantitative estimate of drug-likeness (QED) is 0.780. The SMILES string of the molecule is COc1ccc(OC)c(Nc2ccnc3c(F)cc(F)cc23)c1. The third-order valence-corrected chi connectivity index (χ3v) is 3.44. The molecule has 23 heavy (non-hydrogen) atoms. The molecule has 0 saturated carbocycles. The number of methoxy groups -OCH3 is 2. The minimum Gasteiger partial charge on any atom is -0.497 e. The van der Waals surface area contributed by atoms with Gasteiger partial charge >= 0.3 is 0 Å². The average Bonchev–Trinajstić information content (AvgIpc) is 2.55. The van der Waals surface area contributed by atoms with Crippen LogP contribution in [-0.2, 0) is 0 Å². The van der Waals surface area contributed by atoms with Crippen molar-refractivity contribution < 1.29 is 18.3 Å². The Balaban J connectivity index is 2.12. The van der Waals surface area contributed by atoms with E-state index >= 15 is 0 Å². The van der Waals surface area contributed by atoms with Crippen LogP contribution in [0.25, 0.3) is 10.9 Å². The minimum absolute atomic E-state index is 0.0956. The van der Waals surface area contributed by atoms with Crippen LogP contribution in [0.15, 0.2) is 42.6 Å². The van der Waals surface area contributed by atoms with Crippen molar-refractivity contribution in [3.63, 3.8) is 0 Å². The zero-order chi connectivity index (χ0) is 16.4. The van der Waals surface area contributed by atoms with Gasteiger partial charge in [0.05, 0.1) is 19.9 Å². The molecule has 3 aromatic rings. The number of halogens is 2. The van der Waals surface area contributed by atoms with Crippen LogP contribution >= 0.6 is 0 Å². The van der Waals surface area contributed by atoms with Crippen LogP contribution in [0.1, 0.15) is 0 Å². The molecule has 0 spiro atoms. The maximum Gasteiger partial charge on any atom is 0.152 e. The predicted molar refractivity (Wildman–Crippen MR) is 84.5 cm³/mol. The molecule has 1 N–H and O–H groups in total. The zero-order valence-corrected chi connectivity index (χ0v) is 12.6. The monoisotopic (exact) mass is 316 g/mol. The average molecular weight is 316 g/mol. The van der Waals surface area contributed by atoms with Gasteiger partial charge in [-0.3, -0.25) is 4.98 Å². The Bertz CT molecular complexity index is 869. The van der Waals surface area contributed by atoms with Crippen molar-refractivity contribution >= 4 is 22.3 Å². The fraction of sp³-hybridized carbons (Fsp3) is 0.118. The summed E-state index contributed by atoms with van der Waals surface area (Å²) in [5, 5.41) is 3.46. The molecule has 0 aliphatic rings. The van der Waals surface area contributed by atoms with E-state index in [1.54, 1.807) is 31.4 Å². The fourth-order valence-electron chi connectivity index (χ4n) is 2.34. The number of nitrogens with one attached hydrogen (secondary N) is 1. The second-order valence-electron chi connectivity index (χ2n) is 4.83. The molecular weight excluding hydrogens is 302 g/mol. The first-order valence-electron chi connectivity index (χ1n) is 6.85. The fourth-order valence-corrected chi connectivity index (χ4v) is 2.34. The van der Waals surface area contributed by atoms with E-state index in [1.807, 2.05) is 0 Å². The first-order chi connectivity index (χ1) is 11.1. The largest absolute Gasteiger partial charge is 0.497 e. The highest BCUT2D eigenvalue weighted by atomic mass is 19.1. The number of nitrogens with zero attached hydrogens (tertiary/aromatic N) is 1.